The number of aliphatic hydroxyl groups is 1. The summed E-state index contributed by atoms with van der Waals surface area (Å²) in [6, 6.07) is 19.7. The lowest BCUT2D eigenvalue weighted by molar-refractivity contribution is -0.151. The molecule has 0 fully saturated rings. The van der Waals surface area contributed by atoms with Gasteiger partial charge in [0.2, 0.25) is 0 Å². The van der Waals surface area contributed by atoms with Crippen molar-refractivity contribution in [1.29, 1.82) is 0 Å². The molecule has 0 radical (unpaired) electrons. The van der Waals surface area contributed by atoms with Crippen molar-refractivity contribution in [2.75, 3.05) is 20.0 Å². The second-order valence-corrected chi connectivity index (χ2v) is 5.13. The molecule has 0 amide bonds. The van der Waals surface area contributed by atoms with Gasteiger partial charge in [0.1, 0.15) is 19.0 Å². The Bertz CT molecular complexity index is 530. The van der Waals surface area contributed by atoms with Crippen LogP contribution in [-0.2, 0) is 20.8 Å². The first-order valence-corrected chi connectivity index (χ1v) is 7.85. The van der Waals surface area contributed by atoms with Gasteiger partial charge in [-0.1, -0.05) is 60.7 Å². The lowest BCUT2D eigenvalue weighted by Gasteiger charge is -2.26. The third-order valence-corrected chi connectivity index (χ3v) is 3.47. The van der Waals surface area contributed by atoms with Gasteiger partial charge in [-0.05, 0) is 18.1 Å². The zero-order chi connectivity index (χ0) is 16.3. The maximum atomic E-state index is 9.58. The van der Waals surface area contributed by atoms with Gasteiger partial charge in [0, 0.05) is 6.61 Å². The summed E-state index contributed by atoms with van der Waals surface area (Å²) in [5.74, 6) is 0. The molecular formula is C19H24O4. The molecular weight excluding hydrogens is 292 g/mol. The standard InChI is InChI=1S/C19H24O4/c1-2-22-18(13-20)19(17-11-7-4-8-12-17)23-15-21-14-16-9-5-3-6-10-16/h3-12,18-20H,2,13-15H2,1H3/t18-,19-/m1/s1. The van der Waals surface area contributed by atoms with Crippen molar-refractivity contribution in [1.82, 2.24) is 0 Å². The second kappa shape index (κ2) is 10.1. The Labute approximate surface area is 137 Å². The molecule has 2 atom stereocenters. The fourth-order valence-corrected chi connectivity index (χ4v) is 2.37. The first-order valence-electron chi connectivity index (χ1n) is 7.85. The van der Waals surface area contributed by atoms with Crippen molar-refractivity contribution in [3.63, 3.8) is 0 Å². The quantitative estimate of drug-likeness (QED) is 0.539. The smallest absolute Gasteiger partial charge is 0.148 e. The van der Waals surface area contributed by atoms with Crippen molar-refractivity contribution < 1.29 is 19.3 Å². The number of ether oxygens (including phenoxy) is 3. The third-order valence-electron chi connectivity index (χ3n) is 3.47. The second-order valence-electron chi connectivity index (χ2n) is 5.13. The molecule has 2 aromatic carbocycles. The summed E-state index contributed by atoms with van der Waals surface area (Å²) < 4.78 is 17.0. The van der Waals surface area contributed by atoms with Crippen molar-refractivity contribution in [3.8, 4) is 0 Å². The number of aliphatic hydroxyl groups excluding tert-OH is 1. The third kappa shape index (κ3) is 5.77. The van der Waals surface area contributed by atoms with E-state index in [-0.39, 0.29) is 19.5 Å². The van der Waals surface area contributed by atoms with Gasteiger partial charge in [-0.3, -0.25) is 0 Å². The van der Waals surface area contributed by atoms with Gasteiger partial charge in [0.25, 0.3) is 0 Å². The van der Waals surface area contributed by atoms with Crippen LogP contribution in [0.5, 0.6) is 0 Å². The van der Waals surface area contributed by atoms with Crippen molar-refractivity contribution >= 4 is 0 Å². The zero-order valence-corrected chi connectivity index (χ0v) is 13.4. The highest BCUT2D eigenvalue weighted by Gasteiger charge is 2.24. The SMILES string of the molecule is CCO[C@H](CO)[C@H](OCOCc1ccccc1)c1ccccc1. The Morgan fingerprint density at radius 3 is 2.17 bits per heavy atom. The molecule has 0 unspecified atom stereocenters. The molecule has 0 saturated heterocycles. The van der Waals surface area contributed by atoms with Gasteiger partial charge in [0.05, 0.1) is 13.2 Å². The summed E-state index contributed by atoms with van der Waals surface area (Å²) in [5, 5.41) is 9.58. The molecule has 0 aliphatic carbocycles. The van der Waals surface area contributed by atoms with Crippen LogP contribution in [0.15, 0.2) is 60.7 Å². The molecule has 124 valence electrons. The van der Waals surface area contributed by atoms with Crippen LogP contribution in [-0.4, -0.2) is 31.2 Å². The predicted molar refractivity (Wildman–Crippen MR) is 88.9 cm³/mol. The van der Waals surface area contributed by atoms with Gasteiger partial charge < -0.3 is 19.3 Å². The Hall–Kier alpha value is -1.72. The fourth-order valence-electron chi connectivity index (χ4n) is 2.37. The summed E-state index contributed by atoms with van der Waals surface area (Å²) in [4.78, 5) is 0. The molecule has 23 heavy (non-hydrogen) atoms. The van der Waals surface area contributed by atoms with Crippen LogP contribution in [0.25, 0.3) is 0 Å². The van der Waals surface area contributed by atoms with E-state index in [2.05, 4.69) is 0 Å². The van der Waals surface area contributed by atoms with Crippen molar-refractivity contribution in [3.05, 3.63) is 71.8 Å². The van der Waals surface area contributed by atoms with E-state index in [1.165, 1.54) is 0 Å². The number of hydrogen-bond donors (Lipinski definition) is 1. The maximum absolute atomic E-state index is 9.58. The lowest BCUT2D eigenvalue weighted by Crippen LogP contribution is -2.29. The highest BCUT2D eigenvalue weighted by atomic mass is 16.7. The Balaban J connectivity index is 1.92. The Morgan fingerprint density at radius 1 is 0.913 bits per heavy atom. The van der Waals surface area contributed by atoms with E-state index >= 15 is 0 Å². The number of rotatable bonds is 10. The van der Waals surface area contributed by atoms with Gasteiger partial charge in [-0.15, -0.1) is 0 Å². The van der Waals surface area contributed by atoms with E-state index in [1.807, 2.05) is 67.6 Å². The van der Waals surface area contributed by atoms with Crippen molar-refractivity contribution in [2.45, 2.75) is 25.7 Å². The molecule has 0 aliphatic heterocycles. The van der Waals surface area contributed by atoms with Crippen LogP contribution in [0.2, 0.25) is 0 Å². The highest BCUT2D eigenvalue weighted by Crippen LogP contribution is 2.23. The molecule has 2 aromatic rings. The van der Waals surface area contributed by atoms with Crippen LogP contribution in [0.3, 0.4) is 0 Å². The van der Waals surface area contributed by atoms with Crippen LogP contribution in [0.4, 0.5) is 0 Å². The number of benzene rings is 2. The van der Waals surface area contributed by atoms with E-state index in [9.17, 15) is 5.11 Å². The molecule has 0 heterocycles. The molecule has 1 N–H and O–H groups in total. The van der Waals surface area contributed by atoms with Crippen LogP contribution >= 0.6 is 0 Å². The maximum Gasteiger partial charge on any atom is 0.148 e. The first kappa shape index (κ1) is 17.6. The van der Waals surface area contributed by atoms with E-state index in [0.717, 1.165) is 11.1 Å². The monoisotopic (exact) mass is 316 g/mol. The molecule has 0 spiro atoms. The van der Waals surface area contributed by atoms with E-state index in [4.69, 9.17) is 14.2 Å². The summed E-state index contributed by atoms with van der Waals surface area (Å²) >= 11 is 0. The minimum Gasteiger partial charge on any atom is -0.394 e. The molecule has 0 saturated carbocycles. The van der Waals surface area contributed by atoms with Gasteiger partial charge >= 0.3 is 0 Å². The molecule has 0 aromatic heterocycles. The molecule has 0 aliphatic rings. The first-order chi connectivity index (χ1) is 11.3. The minimum atomic E-state index is -0.414. The summed E-state index contributed by atoms with van der Waals surface area (Å²) in [7, 11) is 0. The molecule has 4 nitrogen and oxygen atoms in total. The summed E-state index contributed by atoms with van der Waals surface area (Å²) in [5.41, 5.74) is 2.05. The summed E-state index contributed by atoms with van der Waals surface area (Å²) in [6.45, 7) is 2.93. The Kier molecular flexibility index (Phi) is 7.77. The van der Waals surface area contributed by atoms with Gasteiger partial charge in [0.15, 0.2) is 0 Å². The van der Waals surface area contributed by atoms with Gasteiger partial charge in [-0.2, -0.15) is 0 Å². The zero-order valence-electron chi connectivity index (χ0n) is 13.4. The molecule has 2 rings (SSSR count). The molecule has 0 bridgehead atoms. The average molecular weight is 316 g/mol. The summed E-state index contributed by atoms with van der Waals surface area (Å²) in [6.07, 6.45) is -0.778. The van der Waals surface area contributed by atoms with E-state index < -0.39 is 6.10 Å². The highest BCUT2D eigenvalue weighted by molar-refractivity contribution is 5.19. The topological polar surface area (TPSA) is 47.9 Å². The van der Waals surface area contributed by atoms with Crippen LogP contribution in [0.1, 0.15) is 24.2 Å². The Morgan fingerprint density at radius 2 is 1.57 bits per heavy atom. The average Bonchev–Trinajstić information content (AvgIpc) is 2.62. The lowest BCUT2D eigenvalue weighted by atomic mass is 10.0. The fraction of sp³-hybridized carbons (Fsp3) is 0.368. The van der Waals surface area contributed by atoms with E-state index in [0.29, 0.717) is 13.2 Å². The number of hydrogen-bond acceptors (Lipinski definition) is 4. The van der Waals surface area contributed by atoms with Crippen LogP contribution in [0, 0.1) is 0 Å². The van der Waals surface area contributed by atoms with Gasteiger partial charge in [-0.25, -0.2) is 0 Å². The molecule has 4 heteroatoms. The van der Waals surface area contributed by atoms with Crippen molar-refractivity contribution in [2.24, 2.45) is 0 Å². The predicted octanol–water partition coefficient (Wildman–Crippen LogP) is 3.32. The normalized spacial score (nSPS) is 13.7. The minimum absolute atomic E-state index is 0.105. The van der Waals surface area contributed by atoms with E-state index in [1.54, 1.807) is 0 Å². The largest absolute Gasteiger partial charge is 0.394 e. The van der Waals surface area contributed by atoms with Crippen LogP contribution < -0.4 is 0 Å².